The first kappa shape index (κ1) is 15.2. The highest BCUT2D eigenvalue weighted by Crippen LogP contribution is 2.24. The van der Waals surface area contributed by atoms with Gasteiger partial charge in [-0.2, -0.15) is 0 Å². The number of amides is 1. The summed E-state index contributed by atoms with van der Waals surface area (Å²) >= 11 is 5.77. The van der Waals surface area contributed by atoms with Crippen LogP contribution in [0.25, 0.3) is 0 Å². The summed E-state index contributed by atoms with van der Waals surface area (Å²) in [6, 6.07) is 3.66. The molecule has 1 N–H and O–H groups in total. The van der Waals surface area contributed by atoms with Crippen molar-refractivity contribution in [2.24, 2.45) is 0 Å². The number of nitro benzene ring substituents is 1. The zero-order valence-corrected chi connectivity index (χ0v) is 11.4. The van der Waals surface area contributed by atoms with E-state index in [1.807, 2.05) is 0 Å². The summed E-state index contributed by atoms with van der Waals surface area (Å²) in [5.74, 6) is -1.83. The maximum atomic E-state index is 12.4. The van der Waals surface area contributed by atoms with Crippen LogP contribution in [0.2, 0.25) is 5.02 Å². The van der Waals surface area contributed by atoms with Crippen molar-refractivity contribution in [3.63, 3.8) is 0 Å². The van der Waals surface area contributed by atoms with Gasteiger partial charge in [-0.3, -0.25) is 14.9 Å². The largest absolute Gasteiger partial charge is 0.479 e. The van der Waals surface area contributed by atoms with E-state index in [0.717, 1.165) is 6.07 Å². The number of carboxylic acid groups (broad SMARTS) is 1. The van der Waals surface area contributed by atoms with Crippen molar-refractivity contribution >= 4 is 29.2 Å². The quantitative estimate of drug-likeness (QED) is 0.662. The van der Waals surface area contributed by atoms with Gasteiger partial charge < -0.3 is 14.7 Å². The molecule has 1 aliphatic rings. The Morgan fingerprint density at radius 1 is 1.48 bits per heavy atom. The Kier molecular flexibility index (Phi) is 4.39. The summed E-state index contributed by atoms with van der Waals surface area (Å²) in [6.45, 7) is 0.0428. The second-order valence-electron chi connectivity index (χ2n) is 4.37. The van der Waals surface area contributed by atoms with Gasteiger partial charge in [-0.25, -0.2) is 4.79 Å². The van der Waals surface area contributed by atoms with Gasteiger partial charge in [0.1, 0.15) is 5.56 Å². The van der Waals surface area contributed by atoms with E-state index in [2.05, 4.69) is 0 Å². The van der Waals surface area contributed by atoms with Crippen LogP contribution in [-0.4, -0.2) is 52.6 Å². The van der Waals surface area contributed by atoms with Crippen LogP contribution < -0.4 is 0 Å². The number of hydrogen-bond acceptors (Lipinski definition) is 5. The number of halogens is 1. The average molecular weight is 315 g/mol. The molecule has 1 aromatic rings. The summed E-state index contributed by atoms with van der Waals surface area (Å²) in [6.07, 6.45) is -1.14. The lowest BCUT2D eigenvalue weighted by atomic mass is 10.1. The van der Waals surface area contributed by atoms with Crippen LogP contribution in [0.1, 0.15) is 10.4 Å². The molecule has 2 rings (SSSR count). The monoisotopic (exact) mass is 314 g/mol. The third kappa shape index (κ3) is 3.29. The summed E-state index contributed by atoms with van der Waals surface area (Å²) in [5.41, 5.74) is -0.540. The third-order valence-corrected chi connectivity index (χ3v) is 3.25. The maximum absolute atomic E-state index is 12.4. The summed E-state index contributed by atoms with van der Waals surface area (Å²) in [4.78, 5) is 34.7. The zero-order valence-electron chi connectivity index (χ0n) is 10.7. The fourth-order valence-corrected chi connectivity index (χ4v) is 2.16. The first-order chi connectivity index (χ1) is 9.90. The average Bonchev–Trinajstić information content (AvgIpc) is 2.46. The van der Waals surface area contributed by atoms with E-state index in [0.29, 0.717) is 0 Å². The molecule has 1 saturated heterocycles. The van der Waals surface area contributed by atoms with Gasteiger partial charge in [0.05, 0.1) is 18.1 Å². The molecule has 9 heteroatoms. The molecule has 0 radical (unpaired) electrons. The Balaban J connectivity index is 2.29. The number of nitrogens with zero attached hydrogens (tertiary/aromatic N) is 2. The van der Waals surface area contributed by atoms with Gasteiger partial charge in [-0.1, -0.05) is 11.6 Å². The number of carboxylic acids is 1. The highest BCUT2D eigenvalue weighted by molar-refractivity contribution is 6.31. The molecule has 0 saturated carbocycles. The molecule has 1 amide bonds. The van der Waals surface area contributed by atoms with Crippen LogP contribution in [0.4, 0.5) is 5.69 Å². The number of hydrogen-bond donors (Lipinski definition) is 1. The number of morpholine rings is 1. The predicted octanol–water partition coefficient (Wildman–Crippen LogP) is 1.17. The van der Waals surface area contributed by atoms with Crippen LogP contribution in [0, 0.1) is 10.1 Å². The minimum Gasteiger partial charge on any atom is -0.479 e. The smallest absolute Gasteiger partial charge is 0.334 e. The van der Waals surface area contributed by atoms with Gasteiger partial charge in [0, 0.05) is 17.6 Å². The van der Waals surface area contributed by atoms with Gasteiger partial charge in [-0.15, -0.1) is 0 Å². The van der Waals surface area contributed by atoms with E-state index >= 15 is 0 Å². The standard InChI is InChI=1S/C12H11ClN2O6/c13-7-1-2-9(15(19)20)8(5-7)11(16)14-3-4-21-10(6-14)12(17)18/h1-2,5,10H,3-4,6H2,(H,17,18). The van der Waals surface area contributed by atoms with Crippen molar-refractivity contribution in [3.8, 4) is 0 Å². The maximum Gasteiger partial charge on any atom is 0.334 e. The lowest BCUT2D eigenvalue weighted by Crippen LogP contribution is -2.48. The van der Waals surface area contributed by atoms with Crippen LogP contribution >= 0.6 is 11.6 Å². The van der Waals surface area contributed by atoms with Crippen molar-refractivity contribution in [1.82, 2.24) is 4.90 Å². The molecule has 1 fully saturated rings. The first-order valence-corrected chi connectivity index (χ1v) is 6.35. The van der Waals surface area contributed by atoms with E-state index in [1.165, 1.54) is 17.0 Å². The fourth-order valence-electron chi connectivity index (χ4n) is 1.99. The lowest BCUT2D eigenvalue weighted by molar-refractivity contribution is -0.385. The SMILES string of the molecule is O=C(O)C1CN(C(=O)c2cc(Cl)ccc2[N+](=O)[O-])CCO1. The van der Waals surface area contributed by atoms with Crippen molar-refractivity contribution in [2.75, 3.05) is 19.7 Å². The normalized spacial score (nSPS) is 18.3. The van der Waals surface area contributed by atoms with Crippen molar-refractivity contribution in [1.29, 1.82) is 0 Å². The number of benzene rings is 1. The molecule has 1 heterocycles. The number of ether oxygens (including phenoxy) is 1. The summed E-state index contributed by atoms with van der Waals surface area (Å²) in [5, 5.41) is 20.1. The van der Waals surface area contributed by atoms with Crippen molar-refractivity contribution in [2.45, 2.75) is 6.10 Å². The number of nitro groups is 1. The van der Waals surface area contributed by atoms with Crippen LogP contribution in [-0.2, 0) is 9.53 Å². The molecule has 1 unspecified atom stereocenters. The van der Waals surface area contributed by atoms with E-state index < -0.39 is 22.9 Å². The Morgan fingerprint density at radius 2 is 2.19 bits per heavy atom. The van der Waals surface area contributed by atoms with Crippen molar-refractivity contribution in [3.05, 3.63) is 38.9 Å². The Hall–Kier alpha value is -2.19. The summed E-state index contributed by atoms with van der Waals surface area (Å²) in [7, 11) is 0. The minimum atomic E-state index is -1.19. The van der Waals surface area contributed by atoms with Gasteiger partial charge in [0.25, 0.3) is 11.6 Å². The molecule has 1 aliphatic heterocycles. The molecular weight excluding hydrogens is 304 g/mol. The van der Waals surface area contributed by atoms with Crippen LogP contribution in [0.3, 0.4) is 0 Å². The highest BCUT2D eigenvalue weighted by atomic mass is 35.5. The molecule has 1 atom stereocenters. The number of carbonyl (C=O) groups excluding carboxylic acids is 1. The molecule has 21 heavy (non-hydrogen) atoms. The third-order valence-electron chi connectivity index (χ3n) is 3.01. The number of rotatable bonds is 3. The molecule has 112 valence electrons. The van der Waals surface area contributed by atoms with Gasteiger partial charge >= 0.3 is 5.97 Å². The van der Waals surface area contributed by atoms with Gasteiger partial charge in [0.15, 0.2) is 6.10 Å². The second kappa shape index (κ2) is 6.06. The molecule has 1 aromatic carbocycles. The van der Waals surface area contributed by atoms with Crippen LogP contribution in [0.5, 0.6) is 0 Å². The van der Waals surface area contributed by atoms with E-state index in [1.54, 1.807) is 0 Å². The van der Waals surface area contributed by atoms with E-state index in [4.69, 9.17) is 21.4 Å². The zero-order chi connectivity index (χ0) is 15.6. The second-order valence-corrected chi connectivity index (χ2v) is 4.80. The topological polar surface area (TPSA) is 110 Å². The Morgan fingerprint density at radius 3 is 2.81 bits per heavy atom. The molecule has 0 spiro atoms. The molecule has 0 aliphatic carbocycles. The number of carbonyl (C=O) groups is 2. The highest BCUT2D eigenvalue weighted by Gasteiger charge is 2.32. The van der Waals surface area contributed by atoms with E-state index in [9.17, 15) is 19.7 Å². The molecule has 8 nitrogen and oxygen atoms in total. The minimum absolute atomic E-state index is 0.0526. The molecule has 0 aromatic heterocycles. The lowest BCUT2D eigenvalue weighted by Gasteiger charge is -2.30. The van der Waals surface area contributed by atoms with E-state index in [-0.39, 0.29) is 36.0 Å². The number of aliphatic carboxylic acids is 1. The van der Waals surface area contributed by atoms with Gasteiger partial charge in [0.2, 0.25) is 0 Å². The van der Waals surface area contributed by atoms with Crippen LogP contribution in [0.15, 0.2) is 18.2 Å². The molecular formula is C12H11ClN2O6. The summed E-state index contributed by atoms with van der Waals surface area (Å²) < 4.78 is 5.00. The molecule has 0 bridgehead atoms. The predicted molar refractivity (Wildman–Crippen MR) is 71.4 cm³/mol. The van der Waals surface area contributed by atoms with Crippen molar-refractivity contribution < 1.29 is 24.4 Å². The fraction of sp³-hybridized carbons (Fsp3) is 0.333. The van der Waals surface area contributed by atoms with Gasteiger partial charge in [-0.05, 0) is 12.1 Å². The first-order valence-electron chi connectivity index (χ1n) is 5.97. The Labute approximate surface area is 124 Å². The Bertz CT molecular complexity index is 605.